The van der Waals surface area contributed by atoms with Crippen LogP contribution in [0.5, 0.6) is 5.75 Å². The zero-order chi connectivity index (χ0) is 15.2. The number of hydrogen-bond acceptors (Lipinski definition) is 2. The fourth-order valence-electron chi connectivity index (χ4n) is 2.47. The lowest BCUT2D eigenvalue weighted by atomic mass is 10.1. The van der Waals surface area contributed by atoms with Gasteiger partial charge in [0, 0.05) is 17.8 Å². The largest absolute Gasteiger partial charge is 0.494 e. The molecule has 2 rings (SSSR count). The first-order valence-corrected chi connectivity index (χ1v) is 7.78. The molecule has 2 aromatic carbocycles. The molecule has 0 bridgehead atoms. The van der Waals surface area contributed by atoms with E-state index in [2.05, 4.69) is 43.4 Å². The van der Waals surface area contributed by atoms with Crippen LogP contribution in [0.1, 0.15) is 29.2 Å². The standard InChI is InChI=1S/C18H22ClNO/c1-4-21-18-6-5-17(10-16(18)11-19)20-12-15-8-13(2)7-14(3)9-15/h5-10,20H,4,11-12H2,1-3H3. The lowest BCUT2D eigenvalue weighted by molar-refractivity contribution is 0.337. The minimum Gasteiger partial charge on any atom is -0.494 e. The van der Waals surface area contributed by atoms with Crippen molar-refractivity contribution in [3.8, 4) is 5.75 Å². The van der Waals surface area contributed by atoms with Gasteiger partial charge in [-0.2, -0.15) is 0 Å². The molecule has 0 saturated heterocycles. The maximum Gasteiger partial charge on any atom is 0.123 e. The number of benzene rings is 2. The molecule has 0 atom stereocenters. The Kier molecular flexibility index (Phi) is 5.51. The van der Waals surface area contributed by atoms with E-state index in [1.807, 2.05) is 19.1 Å². The van der Waals surface area contributed by atoms with Gasteiger partial charge in [-0.15, -0.1) is 11.6 Å². The van der Waals surface area contributed by atoms with E-state index in [9.17, 15) is 0 Å². The zero-order valence-electron chi connectivity index (χ0n) is 12.9. The summed E-state index contributed by atoms with van der Waals surface area (Å²) in [5, 5.41) is 3.45. The molecule has 0 fully saturated rings. The van der Waals surface area contributed by atoms with Gasteiger partial charge in [-0.1, -0.05) is 29.3 Å². The van der Waals surface area contributed by atoms with Crippen LogP contribution in [0, 0.1) is 13.8 Å². The Morgan fingerprint density at radius 2 is 1.76 bits per heavy atom. The molecule has 0 aliphatic heterocycles. The molecule has 1 N–H and O–H groups in total. The Balaban J connectivity index is 2.09. The van der Waals surface area contributed by atoms with Crippen LogP contribution >= 0.6 is 11.6 Å². The average molecular weight is 304 g/mol. The van der Waals surface area contributed by atoms with E-state index >= 15 is 0 Å². The van der Waals surface area contributed by atoms with Crippen LogP contribution in [-0.2, 0) is 12.4 Å². The van der Waals surface area contributed by atoms with Crippen molar-refractivity contribution in [2.75, 3.05) is 11.9 Å². The third-order valence-corrected chi connectivity index (χ3v) is 3.57. The van der Waals surface area contributed by atoms with Crippen LogP contribution < -0.4 is 10.1 Å². The van der Waals surface area contributed by atoms with Crippen molar-refractivity contribution in [2.45, 2.75) is 33.2 Å². The van der Waals surface area contributed by atoms with E-state index in [1.165, 1.54) is 16.7 Å². The van der Waals surface area contributed by atoms with Gasteiger partial charge in [-0.05, 0) is 44.5 Å². The van der Waals surface area contributed by atoms with Crippen molar-refractivity contribution in [3.63, 3.8) is 0 Å². The average Bonchev–Trinajstić information content (AvgIpc) is 2.45. The van der Waals surface area contributed by atoms with Gasteiger partial charge in [0.1, 0.15) is 5.75 Å². The van der Waals surface area contributed by atoms with E-state index < -0.39 is 0 Å². The van der Waals surface area contributed by atoms with Crippen molar-refractivity contribution in [2.24, 2.45) is 0 Å². The highest BCUT2D eigenvalue weighted by atomic mass is 35.5. The molecule has 0 amide bonds. The van der Waals surface area contributed by atoms with Gasteiger partial charge in [0.25, 0.3) is 0 Å². The van der Waals surface area contributed by atoms with E-state index in [-0.39, 0.29) is 0 Å². The molecule has 2 nitrogen and oxygen atoms in total. The third kappa shape index (κ3) is 4.40. The molecule has 0 aromatic heterocycles. The number of nitrogens with one attached hydrogen (secondary N) is 1. The SMILES string of the molecule is CCOc1ccc(NCc2cc(C)cc(C)c2)cc1CCl. The fraction of sp³-hybridized carbons (Fsp3) is 0.333. The van der Waals surface area contributed by atoms with Gasteiger partial charge in [0.05, 0.1) is 12.5 Å². The molecular weight excluding hydrogens is 282 g/mol. The highest BCUT2D eigenvalue weighted by molar-refractivity contribution is 6.17. The van der Waals surface area contributed by atoms with Crippen LogP contribution in [0.15, 0.2) is 36.4 Å². The lowest BCUT2D eigenvalue weighted by Gasteiger charge is -2.12. The minimum atomic E-state index is 0.453. The molecule has 0 aliphatic carbocycles. The van der Waals surface area contributed by atoms with Gasteiger partial charge in [0.2, 0.25) is 0 Å². The Labute approximate surface area is 132 Å². The zero-order valence-corrected chi connectivity index (χ0v) is 13.6. The molecule has 0 spiro atoms. The van der Waals surface area contributed by atoms with Gasteiger partial charge in [0.15, 0.2) is 0 Å². The predicted molar refractivity (Wildman–Crippen MR) is 90.4 cm³/mol. The van der Waals surface area contributed by atoms with Crippen LogP contribution in [0.25, 0.3) is 0 Å². The Hall–Kier alpha value is -1.67. The smallest absolute Gasteiger partial charge is 0.123 e. The minimum absolute atomic E-state index is 0.453. The van der Waals surface area contributed by atoms with Crippen molar-refractivity contribution >= 4 is 17.3 Å². The molecule has 112 valence electrons. The lowest BCUT2D eigenvalue weighted by Crippen LogP contribution is -2.02. The summed E-state index contributed by atoms with van der Waals surface area (Å²) in [6.45, 7) is 7.68. The molecule has 0 heterocycles. The van der Waals surface area contributed by atoms with Crippen LogP contribution in [0.2, 0.25) is 0 Å². The second-order valence-corrected chi connectivity index (χ2v) is 5.51. The topological polar surface area (TPSA) is 21.3 Å². The van der Waals surface area contributed by atoms with E-state index in [1.54, 1.807) is 0 Å². The number of alkyl halides is 1. The summed E-state index contributed by atoms with van der Waals surface area (Å²) in [5.74, 6) is 1.32. The summed E-state index contributed by atoms with van der Waals surface area (Å²) in [6, 6.07) is 12.7. The molecule has 3 heteroatoms. The first-order valence-electron chi connectivity index (χ1n) is 7.25. The van der Waals surface area contributed by atoms with E-state index in [0.717, 1.165) is 23.5 Å². The maximum absolute atomic E-state index is 5.99. The molecule has 0 aliphatic rings. The Morgan fingerprint density at radius 3 is 2.38 bits per heavy atom. The molecular formula is C18H22ClNO. The number of rotatable bonds is 6. The Bertz CT molecular complexity index is 590. The monoisotopic (exact) mass is 303 g/mol. The highest BCUT2D eigenvalue weighted by Crippen LogP contribution is 2.25. The van der Waals surface area contributed by atoms with Gasteiger partial charge >= 0.3 is 0 Å². The van der Waals surface area contributed by atoms with Crippen molar-refractivity contribution < 1.29 is 4.74 Å². The number of halogens is 1. The molecule has 0 unspecified atom stereocenters. The van der Waals surface area contributed by atoms with Crippen LogP contribution in [-0.4, -0.2) is 6.61 Å². The first kappa shape index (κ1) is 15.7. The summed E-state index contributed by atoms with van der Waals surface area (Å²) in [5.41, 5.74) is 5.95. The normalized spacial score (nSPS) is 10.5. The molecule has 0 radical (unpaired) electrons. The summed E-state index contributed by atoms with van der Waals surface area (Å²) < 4.78 is 5.56. The van der Waals surface area contributed by atoms with Crippen molar-refractivity contribution in [1.82, 2.24) is 0 Å². The summed E-state index contributed by atoms with van der Waals surface area (Å²) in [7, 11) is 0. The fourth-order valence-corrected chi connectivity index (χ4v) is 2.67. The number of anilines is 1. The maximum atomic E-state index is 5.99. The van der Waals surface area contributed by atoms with Crippen LogP contribution in [0.4, 0.5) is 5.69 Å². The van der Waals surface area contributed by atoms with E-state index in [0.29, 0.717) is 12.5 Å². The van der Waals surface area contributed by atoms with Gasteiger partial charge < -0.3 is 10.1 Å². The number of hydrogen-bond donors (Lipinski definition) is 1. The predicted octanol–water partition coefficient (Wildman–Crippen LogP) is 5.05. The van der Waals surface area contributed by atoms with Crippen molar-refractivity contribution in [1.29, 1.82) is 0 Å². The molecule has 2 aromatic rings. The highest BCUT2D eigenvalue weighted by Gasteiger charge is 2.04. The summed E-state index contributed by atoms with van der Waals surface area (Å²) in [6.07, 6.45) is 0. The summed E-state index contributed by atoms with van der Waals surface area (Å²) >= 11 is 5.99. The third-order valence-electron chi connectivity index (χ3n) is 3.28. The quantitative estimate of drug-likeness (QED) is 0.754. The van der Waals surface area contributed by atoms with Gasteiger partial charge in [-0.25, -0.2) is 0 Å². The van der Waals surface area contributed by atoms with E-state index in [4.69, 9.17) is 16.3 Å². The second-order valence-electron chi connectivity index (χ2n) is 5.24. The van der Waals surface area contributed by atoms with Gasteiger partial charge in [-0.3, -0.25) is 0 Å². The summed E-state index contributed by atoms with van der Waals surface area (Å²) in [4.78, 5) is 0. The molecule has 21 heavy (non-hydrogen) atoms. The Morgan fingerprint density at radius 1 is 1.05 bits per heavy atom. The van der Waals surface area contributed by atoms with Crippen LogP contribution in [0.3, 0.4) is 0 Å². The molecule has 0 saturated carbocycles. The van der Waals surface area contributed by atoms with Crippen molar-refractivity contribution in [3.05, 3.63) is 58.7 Å². The number of aryl methyl sites for hydroxylation is 2. The first-order chi connectivity index (χ1) is 10.1. The number of ether oxygens (including phenoxy) is 1. The second kappa shape index (κ2) is 7.37.